The highest BCUT2D eigenvalue weighted by Gasteiger charge is 2.19. The van der Waals surface area contributed by atoms with E-state index in [1.165, 1.54) is 0 Å². The molecule has 2 nitrogen and oxygen atoms in total. The lowest BCUT2D eigenvalue weighted by Gasteiger charge is -2.17. The summed E-state index contributed by atoms with van der Waals surface area (Å²) in [6.45, 7) is 2.18. The predicted molar refractivity (Wildman–Crippen MR) is 62.7 cm³/mol. The van der Waals surface area contributed by atoms with Crippen molar-refractivity contribution >= 4 is 5.78 Å². The van der Waals surface area contributed by atoms with Crippen LogP contribution in [0.25, 0.3) is 0 Å². The monoisotopic (exact) mass is 214 g/mol. The number of carbonyl (C=O) groups is 1. The Bertz CT molecular complexity index is 463. The second-order valence-electron chi connectivity index (χ2n) is 3.77. The van der Waals surface area contributed by atoms with E-state index >= 15 is 0 Å². The summed E-state index contributed by atoms with van der Waals surface area (Å²) in [4.78, 5) is 11.7. The van der Waals surface area contributed by atoms with E-state index in [4.69, 9.17) is 4.74 Å². The summed E-state index contributed by atoms with van der Waals surface area (Å²) in [7, 11) is 0. The third kappa shape index (κ3) is 2.09. The first kappa shape index (κ1) is 10.8. The van der Waals surface area contributed by atoms with E-state index in [-0.39, 0.29) is 5.78 Å². The Morgan fingerprint density at radius 1 is 1.38 bits per heavy atom. The van der Waals surface area contributed by atoms with Crippen LogP contribution in [0.2, 0.25) is 0 Å². The third-order valence-electron chi connectivity index (χ3n) is 2.74. The molecule has 1 aromatic carbocycles. The average Bonchev–Trinajstić information content (AvgIpc) is 2.31. The van der Waals surface area contributed by atoms with Crippen LogP contribution >= 0.6 is 0 Å². The van der Waals surface area contributed by atoms with Gasteiger partial charge < -0.3 is 4.74 Å². The zero-order chi connectivity index (χ0) is 11.4. The lowest BCUT2D eigenvalue weighted by atomic mass is 9.90. The molecule has 1 aromatic rings. The quantitative estimate of drug-likeness (QED) is 0.707. The fourth-order valence-electron chi connectivity index (χ4n) is 1.97. The van der Waals surface area contributed by atoms with Gasteiger partial charge in [0.25, 0.3) is 0 Å². The molecule has 0 atom stereocenters. The molecule has 0 aliphatic heterocycles. The number of carbonyl (C=O) groups excluding carboxylic acids is 1. The molecule has 0 spiro atoms. The van der Waals surface area contributed by atoms with Crippen molar-refractivity contribution < 1.29 is 9.53 Å². The second-order valence-corrected chi connectivity index (χ2v) is 3.77. The van der Waals surface area contributed by atoms with Gasteiger partial charge in [-0.2, -0.15) is 0 Å². The molecule has 0 amide bonds. The standard InChI is InChI=1S/C14H14O2/c1-2-3-10-16-14-9-5-6-11-12(14)7-4-8-13(11)15/h5-6,9H,4,7-8,10H2,1H3. The van der Waals surface area contributed by atoms with Crippen LogP contribution in [0.5, 0.6) is 5.75 Å². The van der Waals surface area contributed by atoms with Gasteiger partial charge in [-0.05, 0) is 25.8 Å². The molecule has 0 unspecified atom stereocenters. The highest BCUT2D eigenvalue weighted by molar-refractivity contribution is 5.99. The first-order chi connectivity index (χ1) is 7.83. The SMILES string of the molecule is CC#CCOc1cccc2c1CCCC2=O. The number of hydrogen-bond donors (Lipinski definition) is 0. The van der Waals surface area contributed by atoms with Crippen LogP contribution in [0.1, 0.15) is 35.7 Å². The summed E-state index contributed by atoms with van der Waals surface area (Å²) in [5.74, 6) is 6.69. The fourth-order valence-corrected chi connectivity index (χ4v) is 1.97. The second kappa shape index (κ2) is 4.85. The van der Waals surface area contributed by atoms with E-state index in [9.17, 15) is 4.79 Å². The van der Waals surface area contributed by atoms with Crippen molar-refractivity contribution in [3.05, 3.63) is 29.3 Å². The summed E-state index contributed by atoms with van der Waals surface area (Å²) < 4.78 is 5.57. The first-order valence-corrected chi connectivity index (χ1v) is 5.50. The molecule has 0 aromatic heterocycles. The Morgan fingerprint density at radius 3 is 3.06 bits per heavy atom. The number of hydrogen-bond acceptors (Lipinski definition) is 2. The van der Waals surface area contributed by atoms with E-state index in [0.717, 1.165) is 29.7 Å². The summed E-state index contributed by atoms with van der Waals surface area (Å²) in [6, 6.07) is 5.67. The topological polar surface area (TPSA) is 26.3 Å². The Balaban J connectivity index is 2.27. The van der Waals surface area contributed by atoms with Gasteiger partial charge in [0, 0.05) is 17.5 Å². The van der Waals surface area contributed by atoms with E-state index in [1.807, 2.05) is 18.2 Å². The minimum Gasteiger partial charge on any atom is -0.481 e. The van der Waals surface area contributed by atoms with Gasteiger partial charge in [0.05, 0.1) is 0 Å². The molecule has 82 valence electrons. The van der Waals surface area contributed by atoms with Crippen LogP contribution in [0, 0.1) is 11.8 Å². The Kier molecular flexibility index (Phi) is 3.26. The minimum atomic E-state index is 0.230. The molecule has 1 aliphatic carbocycles. The minimum absolute atomic E-state index is 0.230. The molecular formula is C14H14O2. The number of ether oxygens (including phenoxy) is 1. The summed E-state index contributed by atoms with van der Waals surface area (Å²) >= 11 is 0. The van der Waals surface area contributed by atoms with Gasteiger partial charge >= 0.3 is 0 Å². The van der Waals surface area contributed by atoms with Crippen molar-refractivity contribution in [3.63, 3.8) is 0 Å². The maximum atomic E-state index is 11.7. The Labute approximate surface area is 95.6 Å². The van der Waals surface area contributed by atoms with Crippen molar-refractivity contribution in [1.82, 2.24) is 0 Å². The van der Waals surface area contributed by atoms with E-state index in [0.29, 0.717) is 13.0 Å². The maximum Gasteiger partial charge on any atom is 0.163 e. The molecule has 0 fully saturated rings. The van der Waals surface area contributed by atoms with Crippen LogP contribution in [-0.2, 0) is 6.42 Å². The van der Waals surface area contributed by atoms with Crippen molar-refractivity contribution in [1.29, 1.82) is 0 Å². The van der Waals surface area contributed by atoms with Crippen LogP contribution in [0.4, 0.5) is 0 Å². The molecule has 0 N–H and O–H groups in total. The molecule has 0 bridgehead atoms. The molecule has 0 saturated carbocycles. The van der Waals surface area contributed by atoms with Crippen LogP contribution in [0.15, 0.2) is 18.2 Å². The van der Waals surface area contributed by atoms with Gasteiger partial charge in [0.2, 0.25) is 0 Å². The number of ketones is 1. The van der Waals surface area contributed by atoms with Gasteiger partial charge in [-0.1, -0.05) is 18.1 Å². The van der Waals surface area contributed by atoms with Crippen molar-refractivity contribution in [2.75, 3.05) is 6.61 Å². The van der Waals surface area contributed by atoms with Gasteiger partial charge in [-0.25, -0.2) is 0 Å². The summed E-state index contributed by atoms with van der Waals surface area (Å²) in [6.07, 6.45) is 2.51. The molecule has 0 saturated heterocycles. The van der Waals surface area contributed by atoms with E-state index in [2.05, 4.69) is 11.8 Å². The molecule has 1 aliphatic rings. The van der Waals surface area contributed by atoms with Gasteiger partial charge in [0.1, 0.15) is 12.4 Å². The zero-order valence-corrected chi connectivity index (χ0v) is 9.38. The average molecular weight is 214 g/mol. The third-order valence-corrected chi connectivity index (χ3v) is 2.74. The Morgan fingerprint density at radius 2 is 2.25 bits per heavy atom. The molecule has 0 radical (unpaired) electrons. The molecular weight excluding hydrogens is 200 g/mol. The number of rotatable bonds is 2. The van der Waals surface area contributed by atoms with Crippen molar-refractivity contribution in [3.8, 4) is 17.6 Å². The van der Waals surface area contributed by atoms with E-state index in [1.54, 1.807) is 6.92 Å². The lowest BCUT2D eigenvalue weighted by Crippen LogP contribution is -2.12. The van der Waals surface area contributed by atoms with Crippen LogP contribution in [0.3, 0.4) is 0 Å². The Hall–Kier alpha value is -1.75. The van der Waals surface area contributed by atoms with Gasteiger partial charge in [-0.3, -0.25) is 4.79 Å². The highest BCUT2D eigenvalue weighted by Crippen LogP contribution is 2.29. The van der Waals surface area contributed by atoms with Crippen LogP contribution in [-0.4, -0.2) is 12.4 Å². The molecule has 2 heteroatoms. The first-order valence-electron chi connectivity index (χ1n) is 5.50. The normalized spacial score (nSPS) is 13.7. The molecule has 2 rings (SSSR count). The van der Waals surface area contributed by atoms with Crippen molar-refractivity contribution in [2.24, 2.45) is 0 Å². The van der Waals surface area contributed by atoms with Crippen molar-refractivity contribution in [2.45, 2.75) is 26.2 Å². The smallest absolute Gasteiger partial charge is 0.163 e. The van der Waals surface area contributed by atoms with E-state index < -0.39 is 0 Å². The number of fused-ring (bicyclic) bond motifs is 1. The zero-order valence-electron chi connectivity index (χ0n) is 9.38. The summed E-state index contributed by atoms with van der Waals surface area (Å²) in [5, 5.41) is 0. The fraction of sp³-hybridized carbons (Fsp3) is 0.357. The largest absolute Gasteiger partial charge is 0.481 e. The number of Topliss-reactive ketones (excluding diaryl/α,β-unsaturated/α-hetero) is 1. The summed E-state index contributed by atoms with van der Waals surface area (Å²) in [5.41, 5.74) is 1.88. The van der Waals surface area contributed by atoms with Gasteiger partial charge in [-0.15, -0.1) is 5.92 Å². The lowest BCUT2D eigenvalue weighted by molar-refractivity contribution is 0.0971. The van der Waals surface area contributed by atoms with Gasteiger partial charge in [0.15, 0.2) is 5.78 Å². The molecule has 0 heterocycles. The predicted octanol–water partition coefficient (Wildman–Crippen LogP) is 2.61. The highest BCUT2D eigenvalue weighted by atomic mass is 16.5. The maximum absolute atomic E-state index is 11.7. The molecule has 16 heavy (non-hydrogen) atoms. The van der Waals surface area contributed by atoms with Crippen LogP contribution < -0.4 is 4.74 Å². The number of benzene rings is 1.